The van der Waals surface area contributed by atoms with Crippen LogP contribution < -0.4 is 10.5 Å². The third-order valence-electron chi connectivity index (χ3n) is 4.72. The van der Waals surface area contributed by atoms with Crippen LogP contribution in [0.25, 0.3) is 22.0 Å². The van der Waals surface area contributed by atoms with Gasteiger partial charge in [0.1, 0.15) is 11.4 Å². The molecule has 0 aliphatic heterocycles. The largest absolute Gasteiger partial charge is 0.496 e. The first-order valence-corrected chi connectivity index (χ1v) is 8.79. The molecule has 3 rings (SSSR count). The van der Waals surface area contributed by atoms with Gasteiger partial charge in [0.15, 0.2) is 0 Å². The maximum absolute atomic E-state index is 11.7. The van der Waals surface area contributed by atoms with Crippen LogP contribution in [0.5, 0.6) is 5.75 Å². The molecule has 0 bridgehead atoms. The summed E-state index contributed by atoms with van der Waals surface area (Å²) in [4.78, 5) is 14.8. The number of hydrogen-bond donors (Lipinski definition) is 3. The number of nitrogens with one attached hydrogen (secondary N) is 1. The second-order valence-corrected chi connectivity index (χ2v) is 6.50. The number of rotatable bonds is 7. The molecule has 4 N–H and O–H groups in total. The van der Waals surface area contributed by atoms with Crippen LogP contribution in [-0.2, 0) is 11.2 Å². The van der Waals surface area contributed by atoms with Crippen LogP contribution in [0, 0.1) is 5.92 Å². The van der Waals surface area contributed by atoms with E-state index in [0.29, 0.717) is 18.7 Å². The van der Waals surface area contributed by atoms with Crippen molar-refractivity contribution in [2.75, 3.05) is 27.4 Å². The van der Waals surface area contributed by atoms with Crippen molar-refractivity contribution in [3.05, 3.63) is 53.7 Å². The fraction of sp³-hybridized carbons (Fsp3) is 0.286. The first kappa shape index (κ1) is 18.9. The van der Waals surface area contributed by atoms with Crippen molar-refractivity contribution in [2.45, 2.75) is 6.42 Å². The summed E-state index contributed by atoms with van der Waals surface area (Å²) in [6.45, 7) is 0.491. The molecule has 6 heteroatoms. The predicted octanol–water partition coefficient (Wildman–Crippen LogP) is 2.74. The Hall–Kier alpha value is -2.83. The lowest BCUT2D eigenvalue weighted by Gasteiger charge is -2.15. The zero-order valence-corrected chi connectivity index (χ0v) is 15.5. The number of aliphatic hydroxyl groups is 1. The van der Waals surface area contributed by atoms with Gasteiger partial charge in [-0.1, -0.05) is 18.2 Å². The zero-order chi connectivity index (χ0) is 19.4. The van der Waals surface area contributed by atoms with Gasteiger partial charge < -0.3 is 25.3 Å². The topological polar surface area (TPSA) is 97.6 Å². The summed E-state index contributed by atoms with van der Waals surface area (Å²) < 4.78 is 10.3. The van der Waals surface area contributed by atoms with E-state index >= 15 is 0 Å². The zero-order valence-electron chi connectivity index (χ0n) is 15.5. The standard InChI is InChI=1S/C21H24N2O4/c1-26-20-6-3-13(7-14(11-22)12-24)8-17(20)15-4-5-16-10-19(21(25)27-2)23-18(16)9-15/h3-6,8-10,14,23-24H,7,11-12,22H2,1-2H3. The Morgan fingerprint density at radius 1 is 1.19 bits per heavy atom. The van der Waals surface area contributed by atoms with Crippen molar-refractivity contribution < 1.29 is 19.4 Å². The van der Waals surface area contributed by atoms with E-state index in [4.69, 9.17) is 15.2 Å². The normalized spacial score (nSPS) is 12.1. The number of nitrogens with two attached hydrogens (primary N) is 1. The van der Waals surface area contributed by atoms with Crippen molar-refractivity contribution in [3.63, 3.8) is 0 Å². The van der Waals surface area contributed by atoms with Crippen LogP contribution in [0.1, 0.15) is 16.1 Å². The predicted molar refractivity (Wildman–Crippen MR) is 105 cm³/mol. The summed E-state index contributed by atoms with van der Waals surface area (Å²) in [5, 5.41) is 10.3. The first-order chi connectivity index (χ1) is 13.1. The number of ether oxygens (including phenoxy) is 2. The summed E-state index contributed by atoms with van der Waals surface area (Å²) in [7, 11) is 2.99. The van der Waals surface area contributed by atoms with Crippen LogP contribution in [0.15, 0.2) is 42.5 Å². The number of H-pyrrole nitrogens is 1. The fourth-order valence-electron chi connectivity index (χ4n) is 3.18. The SMILES string of the molecule is COC(=O)c1cc2ccc(-c3cc(CC(CN)CO)ccc3OC)cc2[nH]1. The first-order valence-electron chi connectivity index (χ1n) is 8.79. The van der Waals surface area contributed by atoms with Gasteiger partial charge in [0.05, 0.1) is 14.2 Å². The van der Waals surface area contributed by atoms with Crippen molar-refractivity contribution >= 4 is 16.9 Å². The molecule has 1 heterocycles. The van der Waals surface area contributed by atoms with Crippen LogP contribution in [0.2, 0.25) is 0 Å². The number of benzene rings is 2. The summed E-state index contributed by atoms with van der Waals surface area (Å²) in [5.41, 5.74) is 9.96. The van der Waals surface area contributed by atoms with E-state index in [2.05, 4.69) is 11.1 Å². The molecule has 1 unspecified atom stereocenters. The third-order valence-corrected chi connectivity index (χ3v) is 4.72. The average Bonchev–Trinajstić information content (AvgIpc) is 3.14. The number of aliphatic hydroxyl groups excluding tert-OH is 1. The van der Waals surface area contributed by atoms with Gasteiger partial charge in [-0.3, -0.25) is 0 Å². The maximum atomic E-state index is 11.7. The third kappa shape index (κ3) is 3.97. The van der Waals surface area contributed by atoms with Crippen molar-refractivity contribution in [1.82, 2.24) is 4.98 Å². The Morgan fingerprint density at radius 2 is 2.00 bits per heavy atom. The van der Waals surface area contributed by atoms with Crippen molar-refractivity contribution in [2.24, 2.45) is 11.7 Å². The number of carbonyl (C=O) groups is 1. The van der Waals surface area contributed by atoms with Crippen molar-refractivity contribution in [3.8, 4) is 16.9 Å². The molecule has 27 heavy (non-hydrogen) atoms. The number of aromatic nitrogens is 1. The molecule has 3 aromatic rings. The average molecular weight is 368 g/mol. The highest BCUT2D eigenvalue weighted by Crippen LogP contribution is 2.33. The minimum Gasteiger partial charge on any atom is -0.496 e. The molecule has 0 saturated carbocycles. The highest BCUT2D eigenvalue weighted by atomic mass is 16.5. The molecular weight excluding hydrogens is 344 g/mol. The number of esters is 1. The lowest BCUT2D eigenvalue weighted by molar-refractivity contribution is 0.0595. The van der Waals surface area contributed by atoms with E-state index in [1.54, 1.807) is 13.2 Å². The van der Waals surface area contributed by atoms with Gasteiger partial charge in [-0.2, -0.15) is 0 Å². The molecule has 142 valence electrons. The van der Waals surface area contributed by atoms with Gasteiger partial charge in [-0.15, -0.1) is 0 Å². The smallest absolute Gasteiger partial charge is 0.354 e. The maximum Gasteiger partial charge on any atom is 0.354 e. The Labute approximate surface area is 157 Å². The van der Waals surface area contributed by atoms with E-state index in [1.165, 1.54) is 7.11 Å². The molecule has 6 nitrogen and oxygen atoms in total. The molecule has 0 aliphatic carbocycles. The molecule has 0 radical (unpaired) electrons. The summed E-state index contributed by atoms with van der Waals surface area (Å²) >= 11 is 0. The van der Waals surface area contributed by atoms with Crippen LogP contribution in [-0.4, -0.2) is 43.4 Å². The second kappa shape index (κ2) is 8.24. The molecule has 0 aliphatic rings. The van der Waals surface area contributed by atoms with E-state index in [9.17, 15) is 9.90 Å². The molecule has 1 aromatic heterocycles. The Kier molecular flexibility index (Phi) is 5.78. The Morgan fingerprint density at radius 3 is 2.67 bits per heavy atom. The number of hydrogen-bond acceptors (Lipinski definition) is 5. The quantitative estimate of drug-likeness (QED) is 0.557. The van der Waals surface area contributed by atoms with E-state index in [0.717, 1.165) is 33.3 Å². The highest BCUT2D eigenvalue weighted by Gasteiger charge is 2.13. The molecule has 0 spiro atoms. The Bertz CT molecular complexity index is 945. The minimum atomic E-state index is -0.399. The van der Waals surface area contributed by atoms with E-state index < -0.39 is 5.97 Å². The molecular formula is C21H24N2O4. The second-order valence-electron chi connectivity index (χ2n) is 6.50. The van der Waals surface area contributed by atoms with Crippen molar-refractivity contribution in [1.29, 1.82) is 0 Å². The van der Waals surface area contributed by atoms with Gasteiger partial charge in [0.25, 0.3) is 0 Å². The number of methoxy groups -OCH3 is 2. The summed E-state index contributed by atoms with van der Waals surface area (Å²) in [6.07, 6.45) is 0.696. The van der Waals surface area contributed by atoms with E-state index in [-0.39, 0.29) is 12.5 Å². The van der Waals surface area contributed by atoms with Gasteiger partial charge in [-0.25, -0.2) is 4.79 Å². The molecule has 2 aromatic carbocycles. The Balaban J connectivity index is 2.01. The highest BCUT2D eigenvalue weighted by molar-refractivity contribution is 5.96. The van der Waals surface area contributed by atoms with Crippen LogP contribution in [0.3, 0.4) is 0 Å². The molecule has 0 amide bonds. The molecule has 0 saturated heterocycles. The molecule has 0 fully saturated rings. The number of aromatic amines is 1. The monoisotopic (exact) mass is 368 g/mol. The summed E-state index contributed by atoms with van der Waals surface area (Å²) in [5.74, 6) is 0.384. The van der Waals surface area contributed by atoms with Gasteiger partial charge >= 0.3 is 5.97 Å². The lowest BCUT2D eigenvalue weighted by Crippen LogP contribution is -2.20. The minimum absolute atomic E-state index is 0.0275. The fourth-order valence-corrected chi connectivity index (χ4v) is 3.18. The number of fused-ring (bicyclic) bond motifs is 1. The molecule has 1 atom stereocenters. The van der Waals surface area contributed by atoms with Gasteiger partial charge in [-0.05, 0) is 54.3 Å². The van der Waals surface area contributed by atoms with Crippen LogP contribution >= 0.6 is 0 Å². The van der Waals surface area contributed by atoms with Crippen LogP contribution in [0.4, 0.5) is 0 Å². The summed E-state index contributed by atoms with van der Waals surface area (Å²) in [6, 6.07) is 13.7. The van der Waals surface area contributed by atoms with E-state index in [1.807, 2.05) is 30.3 Å². The lowest BCUT2D eigenvalue weighted by atomic mass is 9.95. The number of carbonyl (C=O) groups excluding carboxylic acids is 1. The van der Waals surface area contributed by atoms with Gasteiger partial charge in [0, 0.05) is 23.1 Å². The van der Waals surface area contributed by atoms with Gasteiger partial charge in [0.2, 0.25) is 0 Å².